The molecule has 1 fully saturated rings. The van der Waals surface area contributed by atoms with Crippen LogP contribution in [0.5, 0.6) is 0 Å². The number of hydrogen-bond donors (Lipinski definition) is 0. The van der Waals surface area contributed by atoms with Crippen molar-refractivity contribution in [2.24, 2.45) is 0 Å². The number of thioether (sulfide) groups is 1. The number of benzene rings is 1. The normalized spacial score (nSPS) is 15.0. The first kappa shape index (κ1) is 18.7. The minimum Gasteiger partial charge on any atom is -0.419 e. The van der Waals surface area contributed by atoms with Crippen LogP contribution in [-0.4, -0.2) is 39.1 Å². The maximum Gasteiger partial charge on any atom is 0.255 e. The highest BCUT2D eigenvalue weighted by Gasteiger charge is 2.20. The lowest BCUT2D eigenvalue weighted by Crippen LogP contribution is -2.27. The molecule has 1 amide bonds. The standard InChI is InChI=1S/C21H22N4O2S/c1-14-5-7-16(8-6-14)20-24-23-19(27-20)15(2)28-18-10-9-17(13-22-18)21(26)25-11-3-4-12-25/h5-10,13,15H,3-4,11-12H2,1-2H3. The van der Waals surface area contributed by atoms with Gasteiger partial charge in [0.15, 0.2) is 0 Å². The van der Waals surface area contributed by atoms with E-state index in [-0.39, 0.29) is 11.2 Å². The molecule has 6 nitrogen and oxygen atoms in total. The fraction of sp³-hybridized carbons (Fsp3) is 0.333. The van der Waals surface area contributed by atoms with Gasteiger partial charge in [0.05, 0.1) is 15.8 Å². The van der Waals surface area contributed by atoms with Crippen molar-refractivity contribution in [3.8, 4) is 11.5 Å². The van der Waals surface area contributed by atoms with Crippen LogP contribution in [0.4, 0.5) is 0 Å². The summed E-state index contributed by atoms with van der Waals surface area (Å²) in [6.07, 6.45) is 3.82. The summed E-state index contributed by atoms with van der Waals surface area (Å²) in [6.45, 7) is 5.72. The second kappa shape index (κ2) is 8.14. The molecule has 1 aromatic carbocycles. The zero-order valence-corrected chi connectivity index (χ0v) is 16.8. The molecule has 1 atom stereocenters. The largest absolute Gasteiger partial charge is 0.419 e. The van der Waals surface area contributed by atoms with E-state index in [4.69, 9.17) is 4.42 Å². The Morgan fingerprint density at radius 2 is 1.86 bits per heavy atom. The van der Waals surface area contributed by atoms with Gasteiger partial charge in [-0.15, -0.1) is 10.2 Å². The van der Waals surface area contributed by atoms with Gasteiger partial charge in [0, 0.05) is 24.8 Å². The van der Waals surface area contributed by atoms with Crippen LogP contribution in [0.25, 0.3) is 11.5 Å². The van der Waals surface area contributed by atoms with Crippen LogP contribution in [0.3, 0.4) is 0 Å². The van der Waals surface area contributed by atoms with Gasteiger partial charge in [0.1, 0.15) is 0 Å². The smallest absolute Gasteiger partial charge is 0.255 e. The summed E-state index contributed by atoms with van der Waals surface area (Å²) < 4.78 is 5.84. The third kappa shape index (κ3) is 4.09. The second-order valence-corrected chi connectivity index (χ2v) is 8.32. The molecule has 28 heavy (non-hydrogen) atoms. The molecule has 0 N–H and O–H groups in total. The van der Waals surface area contributed by atoms with Crippen molar-refractivity contribution < 1.29 is 9.21 Å². The summed E-state index contributed by atoms with van der Waals surface area (Å²) in [7, 11) is 0. The molecule has 144 valence electrons. The van der Waals surface area contributed by atoms with Crippen LogP contribution >= 0.6 is 11.8 Å². The lowest BCUT2D eigenvalue weighted by atomic mass is 10.1. The Hall–Kier alpha value is -2.67. The molecule has 0 spiro atoms. The van der Waals surface area contributed by atoms with Crippen LogP contribution in [0.15, 0.2) is 52.0 Å². The van der Waals surface area contributed by atoms with Crippen molar-refractivity contribution in [1.82, 2.24) is 20.1 Å². The fourth-order valence-corrected chi connectivity index (χ4v) is 3.94. The summed E-state index contributed by atoms with van der Waals surface area (Å²) in [4.78, 5) is 18.7. The van der Waals surface area contributed by atoms with Gasteiger partial charge >= 0.3 is 0 Å². The van der Waals surface area contributed by atoms with E-state index in [0.717, 1.165) is 36.5 Å². The monoisotopic (exact) mass is 394 g/mol. The number of amides is 1. The number of rotatable bonds is 5. The first-order valence-corrected chi connectivity index (χ1v) is 10.3. The highest BCUT2D eigenvalue weighted by molar-refractivity contribution is 7.99. The SMILES string of the molecule is Cc1ccc(-c2nnc(C(C)Sc3ccc(C(=O)N4CCCC4)cn3)o2)cc1. The van der Waals surface area contributed by atoms with E-state index in [1.165, 1.54) is 17.3 Å². The van der Waals surface area contributed by atoms with Gasteiger partial charge in [0.2, 0.25) is 11.8 Å². The van der Waals surface area contributed by atoms with Crippen molar-refractivity contribution >= 4 is 17.7 Å². The zero-order chi connectivity index (χ0) is 19.5. The summed E-state index contributed by atoms with van der Waals surface area (Å²) in [5, 5.41) is 9.12. The Bertz CT molecular complexity index is 947. The molecule has 3 aromatic rings. The minimum atomic E-state index is -0.0423. The Balaban J connectivity index is 1.41. The van der Waals surface area contributed by atoms with Crippen molar-refractivity contribution in [1.29, 1.82) is 0 Å². The fourth-order valence-electron chi connectivity index (χ4n) is 3.12. The molecule has 2 aromatic heterocycles. The van der Waals surface area contributed by atoms with E-state index in [2.05, 4.69) is 15.2 Å². The molecular weight excluding hydrogens is 372 g/mol. The number of hydrogen-bond acceptors (Lipinski definition) is 6. The van der Waals surface area contributed by atoms with Gasteiger partial charge in [-0.25, -0.2) is 4.98 Å². The molecule has 3 heterocycles. The predicted octanol–water partition coefficient (Wildman–Crippen LogP) is 4.53. The van der Waals surface area contributed by atoms with Gasteiger partial charge in [-0.1, -0.05) is 29.5 Å². The molecular formula is C21H22N4O2S. The van der Waals surface area contributed by atoms with Crippen LogP contribution in [0, 0.1) is 6.92 Å². The number of carbonyl (C=O) groups is 1. The van der Waals surface area contributed by atoms with Crippen LogP contribution in [0.2, 0.25) is 0 Å². The van der Waals surface area contributed by atoms with Crippen molar-refractivity contribution in [3.05, 3.63) is 59.6 Å². The second-order valence-electron chi connectivity index (χ2n) is 6.96. The molecule has 1 unspecified atom stereocenters. The Labute approximate surface area is 168 Å². The predicted molar refractivity (Wildman–Crippen MR) is 108 cm³/mol. The topological polar surface area (TPSA) is 72.1 Å². The van der Waals surface area contributed by atoms with Crippen molar-refractivity contribution in [2.75, 3.05) is 13.1 Å². The molecule has 1 aliphatic heterocycles. The summed E-state index contributed by atoms with van der Waals surface area (Å²) in [6, 6.07) is 11.7. The van der Waals surface area contributed by atoms with E-state index < -0.39 is 0 Å². The summed E-state index contributed by atoms with van der Waals surface area (Å²) in [5.41, 5.74) is 2.73. The lowest BCUT2D eigenvalue weighted by molar-refractivity contribution is 0.0792. The summed E-state index contributed by atoms with van der Waals surface area (Å²) in [5.74, 6) is 1.14. The maximum atomic E-state index is 12.4. The Morgan fingerprint density at radius 1 is 1.11 bits per heavy atom. The van der Waals surface area contributed by atoms with E-state index in [1.807, 2.05) is 55.1 Å². The van der Waals surface area contributed by atoms with Crippen LogP contribution in [0.1, 0.15) is 46.8 Å². The first-order chi connectivity index (χ1) is 13.6. The molecule has 0 aliphatic carbocycles. The van der Waals surface area contributed by atoms with Crippen molar-refractivity contribution in [2.45, 2.75) is 37.0 Å². The Morgan fingerprint density at radius 3 is 2.54 bits per heavy atom. The van der Waals surface area contributed by atoms with Crippen LogP contribution < -0.4 is 0 Å². The highest BCUT2D eigenvalue weighted by Crippen LogP contribution is 2.34. The van der Waals surface area contributed by atoms with E-state index in [1.54, 1.807) is 6.20 Å². The molecule has 0 saturated carbocycles. The number of nitrogens with zero attached hydrogens (tertiary/aromatic N) is 4. The maximum absolute atomic E-state index is 12.4. The third-order valence-corrected chi connectivity index (χ3v) is 5.80. The van der Waals surface area contributed by atoms with Gasteiger partial charge in [-0.3, -0.25) is 4.79 Å². The number of pyridine rings is 1. The average Bonchev–Trinajstić information content (AvgIpc) is 3.41. The molecule has 1 aliphatic rings. The molecule has 0 radical (unpaired) electrons. The van der Waals surface area contributed by atoms with E-state index in [9.17, 15) is 4.79 Å². The number of likely N-dealkylation sites (tertiary alicyclic amines) is 1. The average molecular weight is 395 g/mol. The molecule has 1 saturated heterocycles. The van der Waals surface area contributed by atoms with Gasteiger partial charge in [-0.05, 0) is 51.0 Å². The first-order valence-electron chi connectivity index (χ1n) is 9.42. The summed E-state index contributed by atoms with van der Waals surface area (Å²) >= 11 is 1.53. The van der Waals surface area contributed by atoms with E-state index in [0.29, 0.717) is 17.3 Å². The number of aromatic nitrogens is 3. The van der Waals surface area contributed by atoms with Gasteiger partial charge in [-0.2, -0.15) is 0 Å². The van der Waals surface area contributed by atoms with Gasteiger partial charge < -0.3 is 9.32 Å². The molecule has 0 bridgehead atoms. The molecule has 4 rings (SSSR count). The Kier molecular flexibility index (Phi) is 5.43. The lowest BCUT2D eigenvalue weighted by Gasteiger charge is -2.15. The highest BCUT2D eigenvalue weighted by atomic mass is 32.2. The van der Waals surface area contributed by atoms with Crippen LogP contribution in [-0.2, 0) is 0 Å². The van der Waals surface area contributed by atoms with Crippen molar-refractivity contribution in [3.63, 3.8) is 0 Å². The number of aryl methyl sites for hydroxylation is 1. The van der Waals surface area contributed by atoms with E-state index >= 15 is 0 Å². The quantitative estimate of drug-likeness (QED) is 0.592. The third-order valence-electron chi connectivity index (χ3n) is 4.76. The van der Waals surface area contributed by atoms with Gasteiger partial charge in [0.25, 0.3) is 5.91 Å². The minimum absolute atomic E-state index is 0.0423. The zero-order valence-electron chi connectivity index (χ0n) is 16.0. The number of carbonyl (C=O) groups excluding carboxylic acids is 1. The molecule has 7 heteroatoms.